The van der Waals surface area contributed by atoms with Gasteiger partial charge in [0.1, 0.15) is 11.2 Å². The van der Waals surface area contributed by atoms with Crippen LogP contribution in [0, 0.1) is 0 Å². The van der Waals surface area contributed by atoms with Crippen LogP contribution in [0.5, 0.6) is 0 Å². The van der Waals surface area contributed by atoms with E-state index in [1.807, 2.05) is 36.4 Å². The minimum absolute atomic E-state index is 0. The average Bonchev–Trinajstić information content (AvgIpc) is 2.56. The molecule has 0 saturated heterocycles. The second-order valence-electron chi connectivity index (χ2n) is 3.09. The fourth-order valence-electron chi connectivity index (χ4n) is 1.67. The highest BCUT2D eigenvalue weighted by Crippen LogP contribution is 2.27. The Morgan fingerprint density at radius 1 is 0.692 bits per heavy atom. The number of hydrogen-bond acceptors (Lipinski definition) is 1. The maximum atomic E-state index is 5.65. The van der Waals surface area contributed by atoms with Gasteiger partial charge in [-0.2, -0.15) is 0 Å². The molecule has 0 aliphatic heterocycles. The number of furan rings is 1. The quantitative estimate of drug-likeness (QED) is 0.500. The average molecular weight is 169 g/mol. The summed E-state index contributed by atoms with van der Waals surface area (Å²) in [6.45, 7) is 0. The molecule has 1 aromatic heterocycles. The molecule has 0 aliphatic carbocycles. The summed E-state index contributed by atoms with van der Waals surface area (Å²) in [6, 6.07) is 16.2. The van der Waals surface area contributed by atoms with Crippen molar-refractivity contribution in [2.75, 3.05) is 0 Å². The standard InChI is InChI=1S/C12H8O/c1-3-7-11-9(5-1)10-6-2-4-8-12(10)13-11/h1-8H/p+1. The molecule has 1 heterocycles. The topological polar surface area (TPSA) is 13.1 Å². The highest BCUT2D eigenvalue weighted by atomic mass is 16.3. The van der Waals surface area contributed by atoms with Crippen LogP contribution in [0.3, 0.4) is 0 Å². The van der Waals surface area contributed by atoms with E-state index in [4.69, 9.17) is 4.42 Å². The predicted molar refractivity (Wildman–Crippen MR) is 54.8 cm³/mol. The second-order valence-corrected chi connectivity index (χ2v) is 3.09. The largest absolute Gasteiger partial charge is 1.00 e. The fraction of sp³-hybridized carbons (Fsp3) is 0. The summed E-state index contributed by atoms with van der Waals surface area (Å²) in [4.78, 5) is 0. The Balaban J connectivity index is 0.000000750. The van der Waals surface area contributed by atoms with Crippen molar-refractivity contribution in [2.45, 2.75) is 0 Å². The predicted octanol–water partition coefficient (Wildman–Crippen LogP) is 3.70. The van der Waals surface area contributed by atoms with Crippen LogP contribution in [0.15, 0.2) is 52.9 Å². The third kappa shape index (κ3) is 0.872. The van der Waals surface area contributed by atoms with Crippen molar-refractivity contribution in [3.05, 3.63) is 48.5 Å². The summed E-state index contributed by atoms with van der Waals surface area (Å²) in [5, 5.41) is 2.39. The molecule has 13 heavy (non-hydrogen) atoms. The summed E-state index contributed by atoms with van der Waals surface area (Å²) in [7, 11) is 0. The third-order valence-corrected chi connectivity index (χ3v) is 2.28. The smallest absolute Gasteiger partial charge is 0.456 e. The maximum Gasteiger partial charge on any atom is 1.00 e. The molecule has 3 aromatic rings. The molecule has 3 rings (SSSR count). The third-order valence-electron chi connectivity index (χ3n) is 2.28. The van der Waals surface area contributed by atoms with Gasteiger partial charge in [0, 0.05) is 10.8 Å². The van der Waals surface area contributed by atoms with Gasteiger partial charge < -0.3 is 4.42 Å². The van der Waals surface area contributed by atoms with Gasteiger partial charge in [-0.25, -0.2) is 0 Å². The molecule has 0 amide bonds. The zero-order valence-electron chi connectivity index (χ0n) is 8.03. The van der Waals surface area contributed by atoms with Gasteiger partial charge in [-0.1, -0.05) is 36.4 Å². The van der Waals surface area contributed by atoms with Gasteiger partial charge >= 0.3 is 1.43 Å². The van der Waals surface area contributed by atoms with E-state index in [1.54, 1.807) is 0 Å². The minimum Gasteiger partial charge on any atom is -0.456 e. The molecule has 0 unspecified atom stereocenters. The molecule has 0 spiro atoms. The Kier molecular flexibility index (Phi) is 1.22. The van der Waals surface area contributed by atoms with Crippen LogP contribution in [0.25, 0.3) is 21.9 Å². The van der Waals surface area contributed by atoms with Crippen LogP contribution in [0.4, 0.5) is 0 Å². The first-order valence-electron chi connectivity index (χ1n) is 4.31. The first-order valence-corrected chi connectivity index (χ1v) is 4.31. The summed E-state index contributed by atoms with van der Waals surface area (Å²) in [5.41, 5.74) is 1.92. The van der Waals surface area contributed by atoms with E-state index in [0.717, 1.165) is 11.2 Å². The lowest BCUT2D eigenvalue weighted by Gasteiger charge is -1.85. The van der Waals surface area contributed by atoms with Crippen molar-refractivity contribution in [1.82, 2.24) is 0 Å². The monoisotopic (exact) mass is 169 g/mol. The second kappa shape index (κ2) is 2.36. The molecule has 0 bridgehead atoms. The molecule has 0 saturated carbocycles. The summed E-state index contributed by atoms with van der Waals surface area (Å²) >= 11 is 0. The van der Waals surface area contributed by atoms with Gasteiger partial charge in [0.15, 0.2) is 0 Å². The van der Waals surface area contributed by atoms with Gasteiger partial charge in [0.05, 0.1) is 0 Å². The Hall–Kier alpha value is -1.76. The van der Waals surface area contributed by atoms with E-state index in [0.29, 0.717) is 0 Å². The molecule has 1 nitrogen and oxygen atoms in total. The molecule has 62 valence electrons. The zero-order chi connectivity index (χ0) is 8.67. The van der Waals surface area contributed by atoms with Crippen LogP contribution >= 0.6 is 0 Å². The van der Waals surface area contributed by atoms with Crippen molar-refractivity contribution < 1.29 is 5.84 Å². The number of benzene rings is 2. The molecule has 0 atom stereocenters. The first-order chi connectivity index (χ1) is 6.45. The minimum atomic E-state index is 0. The van der Waals surface area contributed by atoms with Gasteiger partial charge in [0.25, 0.3) is 0 Å². The lowest BCUT2D eigenvalue weighted by atomic mass is 10.2. The van der Waals surface area contributed by atoms with Gasteiger partial charge in [-0.05, 0) is 12.1 Å². The summed E-state index contributed by atoms with van der Waals surface area (Å²) in [5.74, 6) is 0. The van der Waals surface area contributed by atoms with E-state index in [9.17, 15) is 0 Å². The molecular formula is C12H9O+. The van der Waals surface area contributed by atoms with E-state index < -0.39 is 0 Å². The van der Waals surface area contributed by atoms with Crippen LogP contribution < -0.4 is 0 Å². The molecule has 0 radical (unpaired) electrons. The Morgan fingerprint density at radius 3 is 1.69 bits per heavy atom. The Labute approximate surface area is 77.1 Å². The molecule has 2 aromatic carbocycles. The summed E-state index contributed by atoms with van der Waals surface area (Å²) in [6.07, 6.45) is 0. The Morgan fingerprint density at radius 2 is 1.15 bits per heavy atom. The SMILES string of the molecule is [H+].c1ccc2c(c1)oc1ccccc12. The number of para-hydroxylation sites is 2. The molecule has 0 fully saturated rings. The van der Waals surface area contributed by atoms with Crippen molar-refractivity contribution in [3.8, 4) is 0 Å². The number of fused-ring (bicyclic) bond motifs is 3. The normalized spacial score (nSPS) is 11.1. The number of rotatable bonds is 0. The van der Waals surface area contributed by atoms with Gasteiger partial charge in [-0.3, -0.25) is 0 Å². The molecule has 0 N–H and O–H groups in total. The van der Waals surface area contributed by atoms with E-state index in [2.05, 4.69) is 12.1 Å². The van der Waals surface area contributed by atoms with Gasteiger partial charge in [-0.15, -0.1) is 0 Å². The highest BCUT2D eigenvalue weighted by Gasteiger charge is 2.02. The highest BCUT2D eigenvalue weighted by molar-refractivity contribution is 6.04. The lowest BCUT2D eigenvalue weighted by molar-refractivity contribution is 0.669. The zero-order valence-corrected chi connectivity index (χ0v) is 7.03. The van der Waals surface area contributed by atoms with Crippen LogP contribution in [-0.4, -0.2) is 0 Å². The number of hydrogen-bond donors (Lipinski definition) is 0. The molecule has 1 heteroatoms. The van der Waals surface area contributed by atoms with Crippen LogP contribution in [0.2, 0.25) is 0 Å². The van der Waals surface area contributed by atoms with Crippen molar-refractivity contribution in [2.24, 2.45) is 0 Å². The first kappa shape index (κ1) is 6.72. The van der Waals surface area contributed by atoms with Crippen molar-refractivity contribution in [1.29, 1.82) is 0 Å². The van der Waals surface area contributed by atoms with Crippen LogP contribution in [-0.2, 0) is 0 Å². The molecular weight excluding hydrogens is 160 g/mol. The van der Waals surface area contributed by atoms with Gasteiger partial charge in [0.2, 0.25) is 0 Å². The van der Waals surface area contributed by atoms with Crippen molar-refractivity contribution >= 4 is 21.9 Å². The molecule has 0 aliphatic rings. The fourth-order valence-corrected chi connectivity index (χ4v) is 1.67. The lowest BCUT2D eigenvalue weighted by Crippen LogP contribution is -1.62. The van der Waals surface area contributed by atoms with E-state index in [-0.39, 0.29) is 1.43 Å². The summed E-state index contributed by atoms with van der Waals surface area (Å²) < 4.78 is 5.65. The maximum absolute atomic E-state index is 5.65. The van der Waals surface area contributed by atoms with Crippen LogP contribution in [0.1, 0.15) is 1.43 Å². The van der Waals surface area contributed by atoms with E-state index in [1.165, 1.54) is 10.8 Å². The van der Waals surface area contributed by atoms with E-state index >= 15 is 0 Å². The Bertz CT molecular complexity index is 518. The van der Waals surface area contributed by atoms with Crippen molar-refractivity contribution in [3.63, 3.8) is 0 Å².